The van der Waals surface area contributed by atoms with Crippen molar-refractivity contribution >= 4 is 33.0 Å². The van der Waals surface area contributed by atoms with E-state index in [2.05, 4.69) is 34.3 Å². The van der Waals surface area contributed by atoms with Crippen LogP contribution in [0.4, 0.5) is 11.4 Å². The summed E-state index contributed by atoms with van der Waals surface area (Å²) in [7, 11) is -3.76. The highest BCUT2D eigenvalue weighted by Crippen LogP contribution is 2.50. The minimum atomic E-state index is -3.76. The second-order valence-corrected chi connectivity index (χ2v) is 10.9. The fraction of sp³-hybridized carbons (Fsp3) is 0.259. The van der Waals surface area contributed by atoms with Crippen LogP contribution < -0.4 is 14.8 Å². The molecule has 0 fully saturated rings. The molecule has 0 unspecified atom stereocenters. The van der Waals surface area contributed by atoms with E-state index >= 15 is 0 Å². The molecule has 0 aromatic heterocycles. The molecule has 1 aliphatic carbocycles. The molecule has 2 N–H and O–H groups in total. The normalized spacial score (nSPS) is 20.9. The van der Waals surface area contributed by atoms with Gasteiger partial charge >= 0.3 is 0 Å². The van der Waals surface area contributed by atoms with Gasteiger partial charge in [-0.05, 0) is 85.3 Å². The Labute approximate surface area is 205 Å². The highest BCUT2D eigenvalue weighted by molar-refractivity contribution is 7.92. The van der Waals surface area contributed by atoms with E-state index < -0.39 is 10.0 Å². The summed E-state index contributed by atoms with van der Waals surface area (Å²) in [5.41, 5.74) is 4.50. The van der Waals surface area contributed by atoms with E-state index in [0.717, 1.165) is 29.0 Å². The lowest BCUT2D eigenvalue weighted by Gasteiger charge is -2.37. The molecule has 2 aliphatic rings. The first-order valence-corrected chi connectivity index (χ1v) is 13.3. The van der Waals surface area contributed by atoms with E-state index in [1.54, 1.807) is 30.3 Å². The maximum Gasteiger partial charge on any atom is 0.261 e. The third-order valence-electron chi connectivity index (χ3n) is 6.62. The molecule has 3 aromatic rings. The fourth-order valence-electron chi connectivity index (χ4n) is 4.88. The highest BCUT2D eigenvalue weighted by atomic mass is 35.5. The number of allylic oxidation sites excluding steroid dienone is 2. The van der Waals surface area contributed by atoms with Gasteiger partial charge in [0.1, 0.15) is 5.75 Å². The molecule has 34 heavy (non-hydrogen) atoms. The lowest BCUT2D eigenvalue weighted by Crippen LogP contribution is -2.29. The molecule has 0 saturated heterocycles. The number of benzene rings is 3. The van der Waals surface area contributed by atoms with Crippen molar-refractivity contribution in [2.24, 2.45) is 5.92 Å². The summed E-state index contributed by atoms with van der Waals surface area (Å²) in [6.07, 6.45) is 5.34. The molecule has 0 amide bonds. The van der Waals surface area contributed by atoms with Gasteiger partial charge in [0.25, 0.3) is 10.0 Å². The summed E-state index contributed by atoms with van der Waals surface area (Å²) in [5.74, 6) is 1.32. The number of halogens is 1. The molecule has 5 rings (SSSR count). The number of fused-ring (bicyclic) bond motifs is 3. The Kier molecular flexibility index (Phi) is 6.04. The lowest BCUT2D eigenvalue weighted by atomic mass is 9.77. The zero-order valence-corrected chi connectivity index (χ0v) is 20.7. The van der Waals surface area contributed by atoms with E-state index in [0.29, 0.717) is 23.2 Å². The van der Waals surface area contributed by atoms with Crippen LogP contribution in [0.5, 0.6) is 5.75 Å². The number of aryl methyl sites for hydroxylation is 1. The van der Waals surface area contributed by atoms with Crippen LogP contribution in [-0.4, -0.2) is 15.0 Å². The Morgan fingerprint density at radius 1 is 1.09 bits per heavy atom. The van der Waals surface area contributed by atoms with Crippen molar-refractivity contribution in [3.8, 4) is 5.75 Å². The predicted molar refractivity (Wildman–Crippen MR) is 137 cm³/mol. The summed E-state index contributed by atoms with van der Waals surface area (Å²) < 4.78 is 34.5. The van der Waals surface area contributed by atoms with Crippen molar-refractivity contribution < 1.29 is 13.2 Å². The smallest absolute Gasteiger partial charge is 0.261 e. The molecule has 176 valence electrons. The number of anilines is 2. The van der Waals surface area contributed by atoms with Gasteiger partial charge in [-0.1, -0.05) is 42.0 Å². The number of hydrogen-bond donors (Lipinski definition) is 2. The second-order valence-electron chi connectivity index (χ2n) is 8.80. The monoisotopic (exact) mass is 494 g/mol. The third-order valence-corrected chi connectivity index (χ3v) is 8.40. The number of rotatable bonds is 6. The van der Waals surface area contributed by atoms with E-state index in [1.165, 1.54) is 5.56 Å². The van der Waals surface area contributed by atoms with Gasteiger partial charge < -0.3 is 10.1 Å². The van der Waals surface area contributed by atoms with Gasteiger partial charge in [-0.3, -0.25) is 4.72 Å². The molecular weight excluding hydrogens is 468 g/mol. The summed E-state index contributed by atoms with van der Waals surface area (Å²) in [4.78, 5) is 0.239. The molecule has 5 nitrogen and oxygen atoms in total. The first-order chi connectivity index (χ1) is 16.4. The maximum absolute atomic E-state index is 13.1. The molecule has 0 spiro atoms. The van der Waals surface area contributed by atoms with Crippen molar-refractivity contribution in [3.63, 3.8) is 0 Å². The van der Waals surface area contributed by atoms with Crippen molar-refractivity contribution in [2.75, 3.05) is 16.6 Å². The summed E-state index contributed by atoms with van der Waals surface area (Å²) in [5, 5.41) is 4.19. The molecule has 7 heteroatoms. The molecule has 3 aromatic carbocycles. The van der Waals surface area contributed by atoms with E-state index in [-0.39, 0.29) is 16.9 Å². The van der Waals surface area contributed by atoms with Crippen molar-refractivity contribution in [1.29, 1.82) is 0 Å². The number of ether oxygens (including phenoxy) is 1. The molecule has 0 bridgehead atoms. The Balaban J connectivity index is 1.44. The van der Waals surface area contributed by atoms with Crippen LogP contribution in [0, 0.1) is 12.8 Å². The van der Waals surface area contributed by atoms with Crippen LogP contribution in [0.2, 0.25) is 5.02 Å². The Hall–Kier alpha value is -2.96. The summed E-state index contributed by atoms with van der Waals surface area (Å²) in [6, 6.07) is 18.8. The SMILES string of the molecule is CCOc1ccc([C@H]2Nc3ccc(S(=O)(=O)Nc4ccc(C)c(Cl)c4)cc3[C@H]3C=CC[C@H]32)cc1. The van der Waals surface area contributed by atoms with Crippen molar-refractivity contribution in [2.45, 2.75) is 37.1 Å². The zero-order chi connectivity index (χ0) is 23.9. The molecule has 1 aliphatic heterocycles. The molecule has 1 heterocycles. The number of sulfonamides is 1. The quantitative estimate of drug-likeness (QED) is 0.375. The van der Waals surface area contributed by atoms with Gasteiger partial charge in [0, 0.05) is 16.6 Å². The molecule has 3 atom stereocenters. The van der Waals surface area contributed by atoms with Gasteiger partial charge in [0.2, 0.25) is 0 Å². The molecule has 0 saturated carbocycles. The first kappa shape index (κ1) is 22.8. The Morgan fingerprint density at radius 3 is 2.62 bits per heavy atom. The van der Waals surface area contributed by atoms with Crippen LogP contribution in [0.25, 0.3) is 0 Å². The van der Waals surface area contributed by atoms with Crippen molar-refractivity contribution in [1.82, 2.24) is 0 Å². The third kappa shape index (κ3) is 4.28. The second kappa shape index (κ2) is 9.01. The van der Waals surface area contributed by atoms with E-state index in [9.17, 15) is 8.42 Å². The standard InChI is InChI=1S/C27H27ClN2O3S/c1-3-33-20-11-8-18(9-12-20)27-23-6-4-5-22(23)24-16-21(13-14-26(24)29-27)34(31,32)30-19-10-7-17(2)25(28)15-19/h4-5,7-16,22-23,27,29-30H,3,6H2,1-2H3/t22-,23+,27+/m0/s1. The topological polar surface area (TPSA) is 67.4 Å². The highest BCUT2D eigenvalue weighted by Gasteiger charge is 2.38. The largest absolute Gasteiger partial charge is 0.494 e. The van der Waals surface area contributed by atoms with Crippen LogP contribution in [0.1, 0.15) is 42.0 Å². The van der Waals surface area contributed by atoms with Crippen molar-refractivity contribution in [3.05, 3.63) is 94.5 Å². The maximum atomic E-state index is 13.1. The predicted octanol–water partition coefficient (Wildman–Crippen LogP) is 6.67. The van der Waals surface area contributed by atoms with Crippen LogP contribution in [0.3, 0.4) is 0 Å². The average Bonchev–Trinajstić information content (AvgIpc) is 3.32. The molecule has 0 radical (unpaired) electrons. The van der Waals surface area contributed by atoms with Gasteiger partial charge in [0.05, 0.1) is 23.2 Å². The van der Waals surface area contributed by atoms with Gasteiger partial charge in [0.15, 0.2) is 0 Å². The van der Waals surface area contributed by atoms with Gasteiger partial charge in [-0.2, -0.15) is 0 Å². The summed E-state index contributed by atoms with van der Waals surface area (Å²) >= 11 is 6.18. The van der Waals surface area contributed by atoms with E-state index in [1.807, 2.05) is 32.0 Å². The van der Waals surface area contributed by atoms with Crippen LogP contribution in [0.15, 0.2) is 77.7 Å². The Morgan fingerprint density at radius 2 is 1.88 bits per heavy atom. The first-order valence-electron chi connectivity index (χ1n) is 11.4. The lowest BCUT2D eigenvalue weighted by molar-refractivity contribution is 0.340. The zero-order valence-electron chi connectivity index (χ0n) is 19.1. The number of nitrogens with one attached hydrogen (secondary N) is 2. The average molecular weight is 495 g/mol. The van der Waals surface area contributed by atoms with Gasteiger partial charge in [-0.15, -0.1) is 0 Å². The van der Waals surface area contributed by atoms with Crippen LogP contribution in [-0.2, 0) is 10.0 Å². The minimum absolute atomic E-state index is 0.137. The minimum Gasteiger partial charge on any atom is -0.494 e. The molecular formula is C27H27ClN2O3S. The fourth-order valence-corrected chi connectivity index (χ4v) is 6.14. The van der Waals surface area contributed by atoms with E-state index in [4.69, 9.17) is 16.3 Å². The van der Waals surface area contributed by atoms with Gasteiger partial charge in [-0.25, -0.2) is 8.42 Å². The number of hydrogen-bond acceptors (Lipinski definition) is 4. The Bertz CT molecular complexity index is 1350. The van der Waals surface area contributed by atoms with Crippen LogP contribution >= 0.6 is 11.6 Å². The summed E-state index contributed by atoms with van der Waals surface area (Å²) in [6.45, 7) is 4.49.